The maximum Gasteiger partial charge on any atom is 0.446 e. The maximum atomic E-state index is 12.9. The Morgan fingerprint density at radius 3 is 1.97 bits per heavy atom. The SMILES string of the molecule is O=C(c1ccc(OS(=O)(=O)O)c(OS(=O)(=O)O)c1)N1CCc2cc(OS(=O)(=O)O)ccc2C1. The summed E-state index contributed by atoms with van der Waals surface area (Å²) >= 11 is 0. The first-order valence-corrected chi connectivity index (χ1v) is 12.7. The zero-order chi connectivity index (χ0) is 24.6. The van der Waals surface area contributed by atoms with Crippen molar-refractivity contribution in [2.75, 3.05) is 6.54 Å². The van der Waals surface area contributed by atoms with Crippen LogP contribution in [-0.4, -0.2) is 56.3 Å². The van der Waals surface area contributed by atoms with Crippen LogP contribution in [0.15, 0.2) is 36.4 Å². The van der Waals surface area contributed by atoms with Crippen molar-refractivity contribution in [2.45, 2.75) is 13.0 Å². The molecule has 2 aromatic carbocycles. The van der Waals surface area contributed by atoms with Crippen LogP contribution >= 0.6 is 0 Å². The molecule has 1 aliphatic heterocycles. The molecule has 0 radical (unpaired) electrons. The van der Waals surface area contributed by atoms with Gasteiger partial charge in [-0.3, -0.25) is 18.5 Å². The molecule has 0 unspecified atom stereocenters. The smallest absolute Gasteiger partial charge is 0.362 e. The molecule has 0 saturated carbocycles. The summed E-state index contributed by atoms with van der Waals surface area (Å²) in [5.41, 5.74) is 1.14. The molecule has 0 aliphatic carbocycles. The van der Waals surface area contributed by atoms with E-state index in [1.807, 2.05) is 0 Å². The first-order valence-electron chi connectivity index (χ1n) is 8.65. The van der Waals surface area contributed by atoms with E-state index in [0.29, 0.717) is 11.1 Å². The molecule has 1 aliphatic rings. The number of rotatable bonds is 7. The first-order chi connectivity index (χ1) is 15.1. The molecule has 180 valence electrons. The highest BCUT2D eigenvalue weighted by molar-refractivity contribution is 7.81. The monoisotopic (exact) mass is 525 g/mol. The van der Waals surface area contributed by atoms with Crippen LogP contribution in [0.4, 0.5) is 0 Å². The molecule has 17 heteroatoms. The highest BCUT2D eigenvalue weighted by atomic mass is 32.3. The van der Waals surface area contributed by atoms with Crippen LogP contribution in [0.2, 0.25) is 0 Å². The fourth-order valence-electron chi connectivity index (χ4n) is 3.06. The normalized spacial score (nSPS) is 14.3. The Morgan fingerprint density at radius 2 is 1.36 bits per heavy atom. The van der Waals surface area contributed by atoms with Gasteiger partial charge in [-0.2, -0.15) is 25.3 Å². The van der Waals surface area contributed by atoms with Gasteiger partial charge >= 0.3 is 31.2 Å². The third-order valence-electron chi connectivity index (χ3n) is 4.26. The van der Waals surface area contributed by atoms with Gasteiger partial charge in [0.2, 0.25) is 0 Å². The lowest BCUT2D eigenvalue weighted by Gasteiger charge is -2.29. The van der Waals surface area contributed by atoms with Crippen LogP contribution in [0.3, 0.4) is 0 Å². The summed E-state index contributed by atoms with van der Waals surface area (Å²) in [6, 6.07) is 6.89. The van der Waals surface area contributed by atoms with Gasteiger partial charge in [0.05, 0.1) is 0 Å². The van der Waals surface area contributed by atoms with E-state index in [2.05, 4.69) is 12.5 Å². The number of hydrogen-bond acceptors (Lipinski definition) is 10. The maximum absolute atomic E-state index is 12.9. The van der Waals surface area contributed by atoms with Crippen molar-refractivity contribution in [1.82, 2.24) is 4.90 Å². The van der Waals surface area contributed by atoms with Gasteiger partial charge in [-0.05, 0) is 47.9 Å². The van der Waals surface area contributed by atoms with Crippen molar-refractivity contribution < 1.29 is 56.3 Å². The zero-order valence-electron chi connectivity index (χ0n) is 16.2. The van der Waals surface area contributed by atoms with E-state index in [9.17, 15) is 30.0 Å². The van der Waals surface area contributed by atoms with Crippen LogP contribution in [-0.2, 0) is 44.2 Å². The van der Waals surface area contributed by atoms with E-state index in [4.69, 9.17) is 13.7 Å². The summed E-state index contributed by atoms with van der Waals surface area (Å²) in [5, 5.41) is 0. The van der Waals surface area contributed by atoms with E-state index in [1.54, 1.807) is 0 Å². The number of hydrogen-bond donors (Lipinski definition) is 3. The van der Waals surface area contributed by atoms with Crippen molar-refractivity contribution in [3.8, 4) is 17.2 Å². The van der Waals surface area contributed by atoms with Gasteiger partial charge < -0.3 is 17.4 Å². The summed E-state index contributed by atoms with van der Waals surface area (Å²) in [6.07, 6.45) is 0.280. The molecule has 0 fully saturated rings. The number of carbonyl (C=O) groups is 1. The highest BCUT2D eigenvalue weighted by Gasteiger charge is 2.25. The van der Waals surface area contributed by atoms with Gasteiger partial charge in [0.25, 0.3) is 5.91 Å². The molecule has 1 amide bonds. The zero-order valence-corrected chi connectivity index (χ0v) is 18.6. The van der Waals surface area contributed by atoms with E-state index in [1.165, 1.54) is 23.1 Å². The Balaban J connectivity index is 1.86. The van der Waals surface area contributed by atoms with Crippen LogP contribution in [0.1, 0.15) is 21.5 Å². The number of carbonyl (C=O) groups excluding carboxylic acids is 1. The lowest BCUT2D eigenvalue weighted by atomic mass is 9.99. The summed E-state index contributed by atoms with van der Waals surface area (Å²) < 4.78 is 105. The van der Waals surface area contributed by atoms with E-state index >= 15 is 0 Å². The molecule has 0 aromatic heterocycles. The van der Waals surface area contributed by atoms with Crippen molar-refractivity contribution in [1.29, 1.82) is 0 Å². The minimum Gasteiger partial charge on any atom is -0.362 e. The largest absolute Gasteiger partial charge is 0.446 e. The Hall–Kier alpha value is -2.96. The summed E-state index contributed by atoms with van der Waals surface area (Å²) in [7, 11) is -14.9. The van der Waals surface area contributed by atoms with E-state index < -0.39 is 48.6 Å². The third kappa shape index (κ3) is 7.01. The summed E-state index contributed by atoms with van der Waals surface area (Å²) in [4.78, 5) is 14.2. The molecule has 1 heterocycles. The minimum atomic E-state index is -5.13. The highest BCUT2D eigenvalue weighted by Crippen LogP contribution is 2.32. The lowest BCUT2D eigenvalue weighted by Crippen LogP contribution is -2.36. The van der Waals surface area contributed by atoms with Crippen molar-refractivity contribution in [3.63, 3.8) is 0 Å². The molecule has 3 N–H and O–H groups in total. The van der Waals surface area contributed by atoms with Gasteiger partial charge in [0.15, 0.2) is 11.5 Å². The quantitative estimate of drug-likeness (QED) is 0.419. The Bertz CT molecular complexity index is 1420. The van der Waals surface area contributed by atoms with Crippen molar-refractivity contribution in [3.05, 3.63) is 53.1 Å². The first kappa shape index (κ1) is 24.7. The van der Waals surface area contributed by atoms with Crippen molar-refractivity contribution >= 4 is 37.1 Å². The van der Waals surface area contributed by atoms with Crippen LogP contribution in [0, 0.1) is 0 Å². The topological polar surface area (TPSA) is 211 Å². The Morgan fingerprint density at radius 1 is 0.758 bits per heavy atom. The van der Waals surface area contributed by atoms with Crippen LogP contribution in [0.25, 0.3) is 0 Å². The Labute approximate surface area is 188 Å². The molecular formula is C16H15NO13S3. The second-order valence-corrected chi connectivity index (χ2v) is 9.67. The second kappa shape index (κ2) is 8.76. The van der Waals surface area contributed by atoms with Gasteiger partial charge in [-0.1, -0.05) is 6.07 Å². The van der Waals surface area contributed by atoms with Crippen LogP contribution < -0.4 is 12.5 Å². The molecule has 14 nitrogen and oxygen atoms in total. The number of benzene rings is 2. The number of amides is 1. The summed E-state index contributed by atoms with van der Waals surface area (Å²) in [5.74, 6) is -2.41. The van der Waals surface area contributed by atoms with E-state index in [0.717, 1.165) is 18.2 Å². The molecule has 0 spiro atoms. The second-order valence-electron chi connectivity index (χ2n) is 6.60. The van der Waals surface area contributed by atoms with Gasteiger partial charge in [0.1, 0.15) is 5.75 Å². The number of fused-ring (bicyclic) bond motifs is 1. The molecule has 0 bridgehead atoms. The molecule has 3 rings (SSSR count). The van der Waals surface area contributed by atoms with Crippen molar-refractivity contribution in [2.24, 2.45) is 0 Å². The minimum absolute atomic E-state index is 0.0675. The van der Waals surface area contributed by atoms with Gasteiger partial charge in [0, 0.05) is 18.7 Å². The average molecular weight is 525 g/mol. The fraction of sp³-hybridized carbons (Fsp3) is 0.188. The molecular weight excluding hydrogens is 510 g/mol. The standard InChI is InChI=1S/C16H15NO13S3/c18-16(11-2-4-14(29-32(22,23)24)15(8-11)30-33(25,26)27)17-6-5-10-7-13(28-31(19,20)21)3-1-12(10)9-17/h1-4,7-8H,5-6,9H2,(H,19,20,21)(H,22,23,24)(H,25,26,27). The van der Waals surface area contributed by atoms with Crippen LogP contribution in [0.5, 0.6) is 17.2 Å². The Kier molecular flexibility index (Phi) is 6.55. The molecule has 0 atom stereocenters. The summed E-state index contributed by atoms with van der Waals surface area (Å²) in [6.45, 7) is 0.219. The van der Waals surface area contributed by atoms with Gasteiger partial charge in [-0.25, -0.2) is 0 Å². The predicted octanol–water partition coefficient (Wildman–Crippen LogP) is 0.430. The average Bonchev–Trinajstić information content (AvgIpc) is 2.65. The number of nitrogens with zero attached hydrogens (tertiary/aromatic N) is 1. The lowest BCUT2D eigenvalue weighted by molar-refractivity contribution is 0.0734. The third-order valence-corrected chi connectivity index (χ3v) is 5.44. The van der Waals surface area contributed by atoms with E-state index in [-0.39, 0.29) is 30.8 Å². The molecule has 0 saturated heterocycles. The van der Waals surface area contributed by atoms with Gasteiger partial charge in [-0.15, -0.1) is 0 Å². The predicted molar refractivity (Wildman–Crippen MR) is 108 cm³/mol. The molecule has 33 heavy (non-hydrogen) atoms. The fourth-order valence-corrected chi connectivity index (χ4v) is 4.13. The molecule has 2 aromatic rings.